The largest absolute Gasteiger partial charge is 0.416 e. The van der Waals surface area contributed by atoms with Crippen molar-refractivity contribution in [3.8, 4) is 0 Å². The normalized spacial score (nSPS) is 29.4. The zero-order valence-electron chi connectivity index (χ0n) is 39.9. The summed E-state index contributed by atoms with van der Waals surface area (Å²) in [5.41, 5.74) is -8.10. The highest BCUT2D eigenvalue weighted by atomic mass is 19.4. The van der Waals surface area contributed by atoms with Crippen molar-refractivity contribution < 1.29 is 90.7 Å². The Morgan fingerprint density at radius 2 is 0.784 bits per heavy atom. The third-order valence-electron chi connectivity index (χ3n) is 14.6. The maximum absolute atomic E-state index is 13.6. The Kier molecular flexibility index (Phi) is 15.8. The minimum absolute atomic E-state index is 0.0673. The van der Waals surface area contributed by atoms with Gasteiger partial charge in [0.2, 0.25) is 0 Å². The Hall–Kier alpha value is -5.32. The number of carbonyl (C=O) groups excluding carboxylic acids is 2. The number of carbonyl (C=O) groups is 2. The van der Waals surface area contributed by atoms with Crippen LogP contribution in [0.5, 0.6) is 0 Å². The second-order valence-corrected chi connectivity index (χ2v) is 20.1. The van der Waals surface area contributed by atoms with Gasteiger partial charge in [0.25, 0.3) is 11.8 Å². The van der Waals surface area contributed by atoms with Crippen molar-refractivity contribution in [2.75, 3.05) is 0 Å². The molecule has 0 spiro atoms. The molecule has 2 saturated heterocycles. The molecule has 74 heavy (non-hydrogen) atoms. The molecule has 8 nitrogen and oxygen atoms in total. The second kappa shape index (κ2) is 20.7. The lowest BCUT2D eigenvalue weighted by Crippen LogP contribution is -2.37. The number of benzene rings is 4. The van der Waals surface area contributed by atoms with Crippen LogP contribution >= 0.6 is 0 Å². The highest BCUT2D eigenvalue weighted by Gasteiger charge is 2.52. The van der Waals surface area contributed by atoms with Crippen LogP contribution in [0.3, 0.4) is 0 Å². The number of halogens is 14. The van der Waals surface area contributed by atoms with Crippen molar-refractivity contribution in [3.63, 3.8) is 0 Å². The fourth-order valence-corrected chi connectivity index (χ4v) is 10.9. The summed E-state index contributed by atoms with van der Waals surface area (Å²) in [7, 11) is 0. The zero-order chi connectivity index (χ0) is 54.7. The van der Waals surface area contributed by atoms with Crippen LogP contribution in [0.25, 0.3) is 0 Å². The molecule has 4 N–H and O–H groups in total. The maximum Gasteiger partial charge on any atom is 0.416 e. The summed E-state index contributed by atoms with van der Waals surface area (Å²) in [6.45, 7) is 5.55. The molecular formula is C52H52F14N2O6. The molecule has 12 atom stereocenters. The highest BCUT2D eigenvalue weighted by Crippen LogP contribution is 2.50. The lowest BCUT2D eigenvalue weighted by Gasteiger charge is -2.31. The predicted molar refractivity (Wildman–Crippen MR) is 238 cm³/mol. The van der Waals surface area contributed by atoms with E-state index in [1.54, 1.807) is 24.3 Å². The van der Waals surface area contributed by atoms with Crippen LogP contribution in [0.4, 0.5) is 61.5 Å². The number of rotatable bonds is 10. The molecule has 4 aliphatic rings. The number of alkyl halides is 12. The summed E-state index contributed by atoms with van der Waals surface area (Å²) >= 11 is 0. The number of nitrogens with one attached hydrogen (secondary N) is 2. The fraction of sp³-hybridized carbons (Fsp3) is 0.500. The van der Waals surface area contributed by atoms with E-state index in [4.69, 9.17) is 9.47 Å². The van der Waals surface area contributed by atoms with Crippen molar-refractivity contribution in [1.29, 1.82) is 0 Å². The minimum Gasteiger partial charge on any atom is -0.380 e. The first-order valence-corrected chi connectivity index (χ1v) is 23.6. The number of aliphatic hydroxyl groups is 2. The number of ether oxygens (including phenoxy) is 2. The standard InChI is InChI=1S/2C26H26F7NO3/c2*1-13(15-9-16(25(28,29)30)11-17(10-15)26(31,32)33)37-21-8-7-19(20-12-24(2,36)23(35)34-20)22(21)14-3-5-18(27)6-4-14/h2*3-6,9-11,13,19-22,36H,7-8,12H2,1-2H3,(H,34,35)/t13-,19+,20-,21+,22+,24+;13-,19+,20-,21+,22+,24-/m11/s1. The molecule has 0 radical (unpaired) electrons. The van der Waals surface area contributed by atoms with Crippen LogP contribution in [-0.2, 0) is 43.8 Å². The first-order chi connectivity index (χ1) is 34.1. The van der Waals surface area contributed by atoms with Crippen LogP contribution in [0.2, 0.25) is 0 Å². The average molecular weight is 1070 g/mol. The number of hydrogen-bond donors (Lipinski definition) is 4. The first kappa shape index (κ1) is 56.4. The molecule has 22 heteroatoms. The molecule has 0 unspecified atom stereocenters. The molecule has 404 valence electrons. The van der Waals surface area contributed by atoms with Gasteiger partial charge < -0.3 is 30.3 Å². The van der Waals surface area contributed by atoms with E-state index < -0.39 is 130 Å². The Morgan fingerprint density at radius 3 is 1.03 bits per heavy atom. The van der Waals surface area contributed by atoms with E-state index in [0.717, 1.165) is 0 Å². The van der Waals surface area contributed by atoms with Gasteiger partial charge in [0, 0.05) is 36.8 Å². The van der Waals surface area contributed by atoms with Gasteiger partial charge in [0.1, 0.15) is 22.8 Å². The van der Waals surface area contributed by atoms with Crippen LogP contribution < -0.4 is 10.6 Å². The number of amides is 2. The Balaban J connectivity index is 0.000000216. The summed E-state index contributed by atoms with van der Waals surface area (Å²) in [5.74, 6) is -3.44. The van der Waals surface area contributed by atoms with Crippen LogP contribution in [0.1, 0.15) is 135 Å². The van der Waals surface area contributed by atoms with Crippen molar-refractivity contribution in [3.05, 3.63) is 141 Å². The first-order valence-electron chi connectivity index (χ1n) is 23.6. The SMILES string of the molecule is C[C@@H](O[C@H]1CC[C@@H]([C@H]2C[C@@](C)(O)C(=O)N2)[C@@H]1c1ccc(F)cc1)c1cc(C(F)(F)F)cc(C(F)(F)F)c1.C[C@@H](O[C@H]1CC[C@@H]([C@H]2C[C@](C)(O)C(=O)N2)[C@@H]1c1ccc(F)cc1)c1cc(C(F)(F)F)cc(C(F)(F)F)c1. The van der Waals surface area contributed by atoms with Gasteiger partial charge >= 0.3 is 24.7 Å². The fourth-order valence-electron chi connectivity index (χ4n) is 10.9. The van der Waals surface area contributed by atoms with Gasteiger partial charge in [0.05, 0.1) is 46.7 Å². The molecular weight excluding hydrogens is 1010 g/mol. The second-order valence-electron chi connectivity index (χ2n) is 20.1. The van der Waals surface area contributed by atoms with Gasteiger partial charge in [-0.15, -0.1) is 0 Å². The molecule has 0 bridgehead atoms. The van der Waals surface area contributed by atoms with Crippen LogP contribution in [-0.4, -0.2) is 57.5 Å². The van der Waals surface area contributed by atoms with Crippen molar-refractivity contribution in [2.24, 2.45) is 11.8 Å². The van der Waals surface area contributed by atoms with Gasteiger partial charge in [-0.3, -0.25) is 9.59 Å². The molecule has 8 rings (SSSR count). The Bertz CT molecular complexity index is 2410. The molecule has 2 heterocycles. The Labute approximate surface area is 415 Å². The predicted octanol–water partition coefficient (Wildman–Crippen LogP) is 12.3. The van der Waals surface area contributed by atoms with Crippen molar-refractivity contribution in [2.45, 2.75) is 150 Å². The summed E-state index contributed by atoms with van der Waals surface area (Å²) in [4.78, 5) is 24.4. The lowest BCUT2D eigenvalue weighted by molar-refractivity contribution is -0.145. The van der Waals surface area contributed by atoms with E-state index in [1.807, 2.05) is 0 Å². The van der Waals surface area contributed by atoms with Gasteiger partial charge in [-0.2, -0.15) is 52.7 Å². The summed E-state index contributed by atoms with van der Waals surface area (Å²) in [6, 6.07) is 13.0. The van der Waals surface area contributed by atoms with Gasteiger partial charge in [0.15, 0.2) is 0 Å². The van der Waals surface area contributed by atoms with E-state index in [9.17, 15) is 81.3 Å². The van der Waals surface area contributed by atoms with Crippen LogP contribution in [0.15, 0.2) is 84.9 Å². The maximum atomic E-state index is 13.6. The quantitative estimate of drug-likeness (QED) is 0.118. The van der Waals surface area contributed by atoms with E-state index >= 15 is 0 Å². The van der Waals surface area contributed by atoms with Gasteiger partial charge in [-0.25, -0.2) is 8.78 Å². The number of hydrogen-bond acceptors (Lipinski definition) is 6. The summed E-state index contributed by atoms with van der Waals surface area (Å²) in [5, 5.41) is 26.3. The van der Waals surface area contributed by atoms with E-state index in [2.05, 4.69) is 10.6 Å². The molecule has 2 aliphatic heterocycles. The molecule has 2 saturated carbocycles. The third kappa shape index (κ3) is 12.7. The summed E-state index contributed by atoms with van der Waals surface area (Å²) in [6.07, 6.45) is -21.4. The molecule has 2 amide bonds. The monoisotopic (exact) mass is 1070 g/mol. The van der Waals surface area contributed by atoms with Crippen LogP contribution in [0, 0.1) is 23.5 Å². The smallest absolute Gasteiger partial charge is 0.380 e. The van der Waals surface area contributed by atoms with E-state index in [-0.39, 0.29) is 47.9 Å². The van der Waals surface area contributed by atoms with Gasteiger partial charge in [-0.1, -0.05) is 24.3 Å². The highest BCUT2D eigenvalue weighted by molar-refractivity contribution is 5.87. The van der Waals surface area contributed by atoms with Crippen molar-refractivity contribution in [1.82, 2.24) is 10.6 Å². The van der Waals surface area contributed by atoms with E-state index in [0.29, 0.717) is 61.1 Å². The molecule has 2 aliphatic carbocycles. The average Bonchev–Trinajstić information content (AvgIpc) is 4.05. The lowest BCUT2D eigenvalue weighted by atomic mass is 9.81. The molecule has 0 aromatic heterocycles. The molecule has 4 aromatic carbocycles. The zero-order valence-corrected chi connectivity index (χ0v) is 39.9. The van der Waals surface area contributed by atoms with E-state index in [1.165, 1.54) is 52.0 Å². The molecule has 4 aromatic rings. The Morgan fingerprint density at radius 1 is 0.500 bits per heavy atom. The topological polar surface area (TPSA) is 117 Å². The van der Waals surface area contributed by atoms with Gasteiger partial charge in [-0.05, 0) is 148 Å². The van der Waals surface area contributed by atoms with Crippen molar-refractivity contribution >= 4 is 11.8 Å². The molecule has 4 fully saturated rings. The third-order valence-corrected chi connectivity index (χ3v) is 14.6. The minimum atomic E-state index is -4.98. The summed E-state index contributed by atoms with van der Waals surface area (Å²) < 4.78 is 200.